The summed E-state index contributed by atoms with van der Waals surface area (Å²) in [7, 11) is 0. The van der Waals surface area contributed by atoms with Crippen LogP contribution in [0.2, 0.25) is 0 Å². The number of piperazine rings is 1. The second-order valence-corrected chi connectivity index (χ2v) is 5.75. The van der Waals surface area contributed by atoms with Gasteiger partial charge < -0.3 is 14.2 Å². The first-order valence-electron chi connectivity index (χ1n) is 7.64. The smallest absolute Gasteiger partial charge is 0.154 e. The third-order valence-electron chi connectivity index (χ3n) is 4.30. The van der Waals surface area contributed by atoms with Gasteiger partial charge in [-0.2, -0.15) is 0 Å². The van der Waals surface area contributed by atoms with E-state index in [1.165, 1.54) is 11.3 Å². The molecule has 1 aliphatic heterocycles. The molecule has 0 atom stereocenters. The van der Waals surface area contributed by atoms with Crippen LogP contribution in [0.25, 0.3) is 5.52 Å². The van der Waals surface area contributed by atoms with Crippen molar-refractivity contribution in [2.45, 2.75) is 6.92 Å². The van der Waals surface area contributed by atoms with Gasteiger partial charge in [0.1, 0.15) is 5.52 Å². The van der Waals surface area contributed by atoms with Crippen molar-refractivity contribution < 1.29 is 0 Å². The van der Waals surface area contributed by atoms with E-state index >= 15 is 0 Å². The predicted octanol–water partition coefficient (Wildman–Crippen LogP) is 2.36. The number of hydrogen-bond donors (Lipinski definition) is 0. The van der Waals surface area contributed by atoms with Crippen molar-refractivity contribution in [2.24, 2.45) is 0 Å². The van der Waals surface area contributed by atoms with E-state index in [4.69, 9.17) is 0 Å². The van der Waals surface area contributed by atoms with Crippen LogP contribution in [0.3, 0.4) is 0 Å². The van der Waals surface area contributed by atoms with Gasteiger partial charge >= 0.3 is 0 Å². The minimum Gasteiger partial charge on any atom is -0.368 e. The third kappa shape index (κ3) is 2.28. The maximum atomic E-state index is 4.56. The Morgan fingerprint density at radius 1 is 0.955 bits per heavy atom. The Morgan fingerprint density at radius 3 is 2.45 bits per heavy atom. The van der Waals surface area contributed by atoms with E-state index in [0.29, 0.717) is 0 Å². The molecule has 0 aliphatic carbocycles. The Balaban J connectivity index is 1.52. The number of nitrogens with zero attached hydrogens (tertiary/aromatic N) is 5. The van der Waals surface area contributed by atoms with Crippen LogP contribution in [0.1, 0.15) is 5.56 Å². The molecule has 5 heteroatoms. The van der Waals surface area contributed by atoms with Gasteiger partial charge in [0, 0.05) is 44.3 Å². The van der Waals surface area contributed by atoms with Crippen LogP contribution in [-0.2, 0) is 0 Å². The van der Waals surface area contributed by atoms with Crippen molar-refractivity contribution in [1.29, 1.82) is 0 Å². The maximum Gasteiger partial charge on any atom is 0.154 e. The lowest BCUT2D eigenvalue weighted by Crippen LogP contribution is -2.47. The summed E-state index contributed by atoms with van der Waals surface area (Å²) in [6, 6.07) is 8.77. The third-order valence-corrected chi connectivity index (χ3v) is 4.30. The van der Waals surface area contributed by atoms with Crippen LogP contribution in [0, 0.1) is 6.92 Å². The van der Waals surface area contributed by atoms with E-state index < -0.39 is 0 Å². The summed E-state index contributed by atoms with van der Waals surface area (Å²) in [5.41, 5.74) is 3.69. The molecule has 0 bridgehead atoms. The number of imidazole rings is 1. The van der Waals surface area contributed by atoms with Crippen molar-refractivity contribution in [3.8, 4) is 0 Å². The second-order valence-electron chi connectivity index (χ2n) is 5.75. The molecule has 1 saturated heterocycles. The zero-order chi connectivity index (χ0) is 14.9. The van der Waals surface area contributed by atoms with Crippen LogP contribution >= 0.6 is 0 Å². The molecule has 1 aliphatic rings. The fraction of sp³-hybridized carbons (Fsp3) is 0.294. The molecule has 0 amide bonds. The number of fused-ring (bicyclic) bond motifs is 1. The number of rotatable bonds is 2. The first-order valence-corrected chi connectivity index (χ1v) is 7.64. The summed E-state index contributed by atoms with van der Waals surface area (Å²) in [5.74, 6) is 1.03. The molecule has 0 radical (unpaired) electrons. The second kappa shape index (κ2) is 5.33. The highest BCUT2D eigenvalue weighted by atomic mass is 15.3. The molecule has 0 spiro atoms. The van der Waals surface area contributed by atoms with Crippen molar-refractivity contribution in [3.05, 3.63) is 54.7 Å². The maximum absolute atomic E-state index is 4.56. The molecule has 0 N–H and O–H groups in total. The molecule has 112 valence electrons. The van der Waals surface area contributed by atoms with Gasteiger partial charge in [0.15, 0.2) is 5.82 Å². The lowest BCUT2D eigenvalue weighted by molar-refractivity contribution is 0.648. The molecular formula is C17H19N5. The Morgan fingerprint density at radius 2 is 1.68 bits per heavy atom. The van der Waals surface area contributed by atoms with Gasteiger partial charge in [0.25, 0.3) is 0 Å². The normalized spacial score (nSPS) is 15.5. The van der Waals surface area contributed by atoms with Crippen LogP contribution in [0.15, 0.2) is 49.2 Å². The zero-order valence-corrected chi connectivity index (χ0v) is 12.7. The van der Waals surface area contributed by atoms with Crippen LogP contribution in [0.5, 0.6) is 0 Å². The minimum atomic E-state index is 0.978. The van der Waals surface area contributed by atoms with Crippen molar-refractivity contribution in [2.75, 3.05) is 36.0 Å². The summed E-state index contributed by atoms with van der Waals surface area (Å²) in [6.45, 7) is 6.11. The van der Waals surface area contributed by atoms with Crippen molar-refractivity contribution in [3.63, 3.8) is 0 Å². The lowest BCUT2D eigenvalue weighted by Gasteiger charge is -2.36. The molecule has 0 saturated carbocycles. The highest BCUT2D eigenvalue weighted by Crippen LogP contribution is 2.22. The Labute approximate surface area is 129 Å². The highest BCUT2D eigenvalue weighted by Gasteiger charge is 2.20. The number of aromatic nitrogens is 3. The van der Waals surface area contributed by atoms with Crippen molar-refractivity contribution in [1.82, 2.24) is 14.4 Å². The van der Waals surface area contributed by atoms with E-state index in [1.807, 2.05) is 29.3 Å². The summed E-state index contributed by atoms with van der Waals surface area (Å²) >= 11 is 0. The molecule has 2 aromatic heterocycles. The first kappa shape index (κ1) is 13.1. The Hall–Kier alpha value is -2.56. The van der Waals surface area contributed by atoms with Gasteiger partial charge in [-0.05, 0) is 19.1 Å². The summed E-state index contributed by atoms with van der Waals surface area (Å²) in [4.78, 5) is 13.6. The average Bonchev–Trinajstić information content (AvgIpc) is 3.04. The van der Waals surface area contributed by atoms with Crippen molar-refractivity contribution >= 4 is 17.0 Å². The SMILES string of the molecule is Cc1ccc(N2CCN(c3nccn4cncc34)CC2)cc1. The van der Waals surface area contributed by atoms with Gasteiger partial charge in [-0.25, -0.2) is 9.97 Å². The predicted molar refractivity (Wildman–Crippen MR) is 88.6 cm³/mol. The van der Waals surface area contributed by atoms with E-state index in [0.717, 1.165) is 37.5 Å². The lowest BCUT2D eigenvalue weighted by atomic mass is 10.2. The van der Waals surface area contributed by atoms with Gasteiger partial charge in [-0.3, -0.25) is 0 Å². The molecule has 3 heterocycles. The molecular weight excluding hydrogens is 274 g/mol. The van der Waals surface area contributed by atoms with Gasteiger partial charge in [0.05, 0.1) is 12.5 Å². The average molecular weight is 293 g/mol. The minimum absolute atomic E-state index is 0.978. The fourth-order valence-electron chi connectivity index (χ4n) is 3.01. The quantitative estimate of drug-likeness (QED) is 0.727. The van der Waals surface area contributed by atoms with E-state index in [1.54, 1.807) is 0 Å². The van der Waals surface area contributed by atoms with E-state index in [-0.39, 0.29) is 0 Å². The van der Waals surface area contributed by atoms with Gasteiger partial charge in [-0.15, -0.1) is 0 Å². The topological polar surface area (TPSA) is 36.7 Å². The summed E-state index contributed by atoms with van der Waals surface area (Å²) in [6.07, 6.45) is 7.49. The van der Waals surface area contributed by atoms with Gasteiger partial charge in [-0.1, -0.05) is 17.7 Å². The molecule has 22 heavy (non-hydrogen) atoms. The fourth-order valence-corrected chi connectivity index (χ4v) is 3.01. The standard InChI is InChI=1S/C17H19N5/c1-14-2-4-15(5-3-14)20-8-10-21(11-9-20)17-16-12-18-13-22(16)7-6-19-17/h2-7,12-13H,8-11H2,1H3. The summed E-state index contributed by atoms with van der Waals surface area (Å²) < 4.78 is 2.02. The van der Waals surface area contributed by atoms with Gasteiger partial charge in [0.2, 0.25) is 0 Å². The number of hydrogen-bond acceptors (Lipinski definition) is 4. The molecule has 4 rings (SSSR count). The van der Waals surface area contributed by atoms with E-state index in [9.17, 15) is 0 Å². The molecule has 1 fully saturated rings. The molecule has 5 nitrogen and oxygen atoms in total. The van der Waals surface area contributed by atoms with Crippen LogP contribution in [-0.4, -0.2) is 40.5 Å². The van der Waals surface area contributed by atoms with Crippen LogP contribution in [0.4, 0.5) is 11.5 Å². The zero-order valence-electron chi connectivity index (χ0n) is 12.7. The largest absolute Gasteiger partial charge is 0.368 e. The highest BCUT2D eigenvalue weighted by molar-refractivity contribution is 5.68. The van der Waals surface area contributed by atoms with Crippen LogP contribution < -0.4 is 9.80 Å². The molecule has 0 unspecified atom stereocenters. The molecule has 3 aromatic rings. The first-order chi connectivity index (χ1) is 10.8. The monoisotopic (exact) mass is 293 g/mol. The molecule has 1 aromatic carbocycles. The van der Waals surface area contributed by atoms with E-state index in [2.05, 4.69) is 51.0 Å². The summed E-state index contributed by atoms with van der Waals surface area (Å²) in [5, 5.41) is 0. The number of aryl methyl sites for hydroxylation is 1. The Bertz CT molecular complexity index is 769. The Kier molecular flexibility index (Phi) is 3.18. The number of anilines is 2. The number of benzene rings is 1.